The SMILES string of the molecule is Oc1ccc(C2Oc3cc(O)ccc3C(O)C2O)cc1. The van der Waals surface area contributed by atoms with Crippen LogP contribution in [0.2, 0.25) is 0 Å². The van der Waals surface area contributed by atoms with Crippen LogP contribution in [0, 0.1) is 0 Å². The van der Waals surface area contributed by atoms with Gasteiger partial charge in [-0.3, -0.25) is 0 Å². The van der Waals surface area contributed by atoms with Gasteiger partial charge in [-0.15, -0.1) is 0 Å². The number of rotatable bonds is 1. The van der Waals surface area contributed by atoms with Crippen molar-refractivity contribution in [3.05, 3.63) is 53.6 Å². The first-order chi connectivity index (χ1) is 9.56. The molecule has 1 aliphatic heterocycles. The second kappa shape index (κ2) is 4.70. The van der Waals surface area contributed by atoms with Gasteiger partial charge in [0, 0.05) is 11.6 Å². The van der Waals surface area contributed by atoms with Crippen molar-refractivity contribution in [1.29, 1.82) is 0 Å². The highest BCUT2D eigenvalue weighted by Crippen LogP contribution is 2.42. The third-order valence-electron chi connectivity index (χ3n) is 3.43. The molecule has 104 valence electrons. The number of fused-ring (bicyclic) bond motifs is 1. The summed E-state index contributed by atoms with van der Waals surface area (Å²) in [5.74, 6) is 0.468. The summed E-state index contributed by atoms with van der Waals surface area (Å²) in [5.41, 5.74) is 1.06. The van der Waals surface area contributed by atoms with Crippen LogP contribution < -0.4 is 4.74 Å². The van der Waals surface area contributed by atoms with E-state index in [2.05, 4.69) is 0 Å². The van der Waals surface area contributed by atoms with Gasteiger partial charge in [0.05, 0.1) is 0 Å². The molecule has 4 N–H and O–H groups in total. The number of benzene rings is 2. The largest absolute Gasteiger partial charge is 0.508 e. The summed E-state index contributed by atoms with van der Waals surface area (Å²) in [4.78, 5) is 0. The quantitative estimate of drug-likeness (QED) is 0.634. The molecule has 0 aliphatic carbocycles. The van der Waals surface area contributed by atoms with Gasteiger partial charge in [0.15, 0.2) is 6.10 Å². The summed E-state index contributed by atoms with van der Waals surface area (Å²) in [6.07, 6.45) is -2.99. The van der Waals surface area contributed by atoms with Crippen molar-refractivity contribution in [3.8, 4) is 17.2 Å². The Balaban J connectivity index is 2.00. The maximum Gasteiger partial charge on any atom is 0.152 e. The summed E-state index contributed by atoms with van der Waals surface area (Å²) >= 11 is 0. The van der Waals surface area contributed by atoms with Gasteiger partial charge >= 0.3 is 0 Å². The molecule has 3 atom stereocenters. The molecule has 0 saturated heterocycles. The van der Waals surface area contributed by atoms with Crippen molar-refractivity contribution in [2.24, 2.45) is 0 Å². The zero-order valence-corrected chi connectivity index (χ0v) is 10.5. The van der Waals surface area contributed by atoms with Crippen molar-refractivity contribution >= 4 is 0 Å². The average Bonchev–Trinajstić information content (AvgIpc) is 2.44. The van der Waals surface area contributed by atoms with E-state index in [4.69, 9.17) is 4.74 Å². The summed E-state index contributed by atoms with van der Waals surface area (Å²) < 4.78 is 5.67. The number of phenolic OH excluding ortho intramolecular Hbond substituents is 2. The zero-order valence-electron chi connectivity index (χ0n) is 10.5. The number of aromatic hydroxyl groups is 2. The van der Waals surface area contributed by atoms with Gasteiger partial charge in [0.1, 0.15) is 29.5 Å². The van der Waals surface area contributed by atoms with Gasteiger partial charge in [-0.1, -0.05) is 12.1 Å². The lowest BCUT2D eigenvalue weighted by Gasteiger charge is -2.34. The third kappa shape index (κ3) is 2.07. The Morgan fingerprint density at radius 2 is 1.50 bits per heavy atom. The molecule has 1 heterocycles. The number of hydrogen-bond donors (Lipinski definition) is 4. The van der Waals surface area contributed by atoms with E-state index in [1.165, 1.54) is 30.3 Å². The van der Waals surface area contributed by atoms with Crippen LogP contribution in [0.15, 0.2) is 42.5 Å². The predicted molar refractivity (Wildman–Crippen MR) is 70.5 cm³/mol. The van der Waals surface area contributed by atoms with Gasteiger partial charge in [0.2, 0.25) is 0 Å². The normalized spacial score (nSPS) is 24.8. The standard InChI is InChI=1S/C15H14O5/c16-9-3-1-8(2-4-9)15-14(19)13(18)11-6-5-10(17)7-12(11)20-15/h1-7,13-19H. The molecule has 5 heteroatoms. The summed E-state index contributed by atoms with van der Waals surface area (Å²) in [6.45, 7) is 0. The number of aliphatic hydroxyl groups is 2. The number of aliphatic hydroxyl groups excluding tert-OH is 2. The van der Waals surface area contributed by atoms with E-state index in [1.807, 2.05) is 0 Å². The minimum atomic E-state index is -1.13. The van der Waals surface area contributed by atoms with Crippen LogP contribution in [0.5, 0.6) is 17.2 Å². The van der Waals surface area contributed by atoms with Gasteiger partial charge in [-0.25, -0.2) is 0 Å². The van der Waals surface area contributed by atoms with Crippen LogP contribution in [0.3, 0.4) is 0 Å². The fourth-order valence-corrected chi connectivity index (χ4v) is 2.35. The van der Waals surface area contributed by atoms with E-state index in [9.17, 15) is 20.4 Å². The molecule has 2 aromatic rings. The molecule has 0 saturated carbocycles. The Kier molecular flexibility index (Phi) is 3.00. The van der Waals surface area contributed by atoms with Crippen LogP contribution in [-0.2, 0) is 0 Å². The van der Waals surface area contributed by atoms with Gasteiger partial charge in [0.25, 0.3) is 0 Å². The van der Waals surface area contributed by atoms with Crippen molar-refractivity contribution in [3.63, 3.8) is 0 Å². The molecule has 3 unspecified atom stereocenters. The van der Waals surface area contributed by atoms with Crippen LogP contribution in [-0.4, -0.2) is 26.5 Å². The van der Waals surface area contributed by atoms with Crippen LogP contribution in [0.25, 0.3) is 0 Å². The molecule has 2 aromatic carbocycles. The first-order valence-corrected chi connectivity index (χ1v) is 6.21. The van der Waals surface area contributed by atoms with Gasteiger partial charge < -0.3 is 25.2 Å². The van der Waals surface area contributed by atoms with Crippen LogP contribution in [0.1, 0.15) is 23.3 Å². The van der Waals surface area contributed by atoms with Gasteiger partial charge in [-0.05, 0) is 29.8 Å². The molecule has 0 fully saturated rings. The van der Waals surface area contributed by atoms with Crippen molar-refractivity contribution < 1.29 is 25.2 Å². The molecule has 0 radical (unpaired) electrons. The van der Waals surface area contributed by atoms with Crippen molar-refractivity contribution in [2.75, 3.05) is 0 Å². The Morgan fingerprint density at radius 1 is 0.850 bits per heavy atom. The molecule has 0 aromatic heterocycles. The second-order valence-corrected chi connectivity index (χ2v) is 4.79. The summed E-state index contributed by atoms with van der Waals surface area (Å²) in [7, 11) is 0. The molecule has 0 bridgehead atoms. The lowest BCUT2D eigenvalue weighted by atomic mass is 9.92. The van der Waals surface area contributed by atoms with E-state index in [0.29, 0.717) is 16.9 Å². The number of ether oxygens (including phenoxy) is 1. The van der Waals surface area contributed by atoms with E-state index in [0.717, 1.165) is 0 Å². The van der Waals surface area contributed by atoms with Gasteiger partial charge in [-0.2, -0.15) is 0 Å². The topological polar surface area (TPSA) is 90.2 Å². The highest BCUT2D eigenvalue weighted by atomic mass is 16.5. The van der Waals surface area contributed by atoms with Crippen LogP contribution in [0.4, 0.5) is 0 Å². The van der Waals surface area contributed by atoms with Crippen molar-refractivity contribution in [1.82, 2.24) is 0 Å². The molecular weight excluding hydrogens is 260 g/mol. The zero-order chi connectivity index (χ0) is 14.3. The molecule has 0 spiro atoms. The lowest BCUT2D eigenvalue weighted by molar-refractivity contribution is -0.0700. The highest BCUT2D eigenvalue weighted by Gasteiger charge is 2.37. The maximum absolute atomic E-state index is 10.2. The maximum atomic E-state index is 10.2. The minimum absolute atomic E-state index is 0.0248. The Labute approximate surface area is 115 Å². The molecule has 0 amide bonds. The highest BCUT2D eigenvalue weighted by molar-refractivity contribution is 5.44. The first-order valence-electron chi connectivity index (χ1n) is 6.21. The lowest BCUT2D eigenvalue weighted by Crippen LogP contribution is -2.34. The summed E-state index contributed by atoms with van der Waals surface area (Å²) in [6, 6.07) is 10.5. The number of hydrogen-bond acceptors (Lipinski definition) is 5. The Morgan fingerprint density at radius 3 is 2.20 bits per heavy atom. The van der Waals surface area contributed by atoms with E-state index >= 15 is 0 Å². The molecule has 3 rings (SSSR count). The van der Waals surface area contributed by atoms with Crippen molar-refractivity contribution in [2.45, 2.75) is 18.3 Å². The smallest absolute Gasteiger partial charge is 0.152 e. The first kappa shape index (κ1) is 12.8. The van der Waals surface area contributed by atoms with E-state index in [-0.39, 0.29) is 11.5 Å². The molecule has 5 nitrogen and oxygen atoms in total. The van der Waals surface area contributed by atoms with E-state index < -0.39 is 18.3 Å². The predicted octanol–water partition coefficient (Wildman–Crippen LogP) is 1.63. The average molecular weight is 274 g/mol. The fourth-order valence-electron chi connectivity index (χ4n) is 2.35. The minimum Gasteiger partial charge on any atom is -0.508 e. The van der Waals surface area contributed by atoms with Crippen LogP contribution >= 0.6 is 0 Å². The molecule has 20 heavy (non-hydrogen) atoms. The Bertz CT molecular complexity index is 623. The Hall–Kier alpha value is -2.24. The monoisotopic (exact) mass is 274 g/mol. The second-order valence-electron chi connectivity index (χ2n) is 4.79. The third-order valence-corrected chi connectivity index (χ3v) is 3.43. The fraction of sp³-hybridized carbons (Fsp3) is 0.200. The summed E-state index contributed by atoms with van der Waals surface area (Å²) in [5, 5.41) is 39.1. The number of phenols is 2. The van der Waals surface area contributed by atoms with E-state index in [1.54, 1.807) is 12.1 Å². The molecule has 1 aliphatic rings. The molecular formula is C15H14O5.